The summed E-state index contributed by atoms with van der Waals surface area (Å²) in [5.41, 5.74) is 0.915. The van der Waals surface area contributed by atoms with E-state index in [1.54, 1.807) is 54.6 Å². The first-order valence-electron chi connectivity index (χ1n) is 8.08. The molecule has 0 bridgehead atoms. The van der Waals surface area contributed by atoms with Gasteiger partial charge in [-0.05, 0) is 48.0 Å². The zero-order chi connectivity index (χ0) is 20.1. The van der Waals surface area contributed by atoms with Crippen molar-refractivity contribution in [2.45, 2.75) is 0 Å². The Labute approximate surface area is 168 Å². The highest BCUT2D eigenvalue weighted by Gasteiger charge is 2.04. The fourth-order valence-corrected chi connectivity index (χ4v) is 3.31. The van der Waals surface area contributed by atoms with E-state index in [4.69, 9.17) is 21.4 Å². The molecule has 0 aliphatic carbocycles. The lowest BCUT2D eigenvalue weighted by Gasteiger charge is -2.02. The second-order valence-corrected chi connectivity index (χ2v) is 7.22. The molecule has 0 fully saturated rings. The highest BCUT2D eigenvalue weighted by molar-refractivity contribution is 7.07. The number of hydrogen-bond donors (Lipinski definition) is 2. The van der Waals surface area contributed by atoms with E-state index in [0.29, 0.717) is 25.5 Å². The van der Waals surface area contributed by atoms with Crippen LogP contribution in [0.15, 0.2) is 53.3 Å². The van der Waals surface area contributed by atoms with Gasteiger partial charge < -0.3 is 14.8 Å². The predicted molar refractivity (Wildman–Crippen MR) is 108 cm³/mol. The van der Waals surface area contributed by atoms with Gasteiger partial charge in [0, 0.05) is 16.7 Å². The zero-order valence-electron chi connectivity index (χ0n) is 14.3. The molecule has 8 heteroatoms. The predicted octanol–water partition coefficient (Wildman–Crippen LogP) is 2.05. The summed E-state index contributed by atoms with van der Waals surface area (Å²) in [5, 5.41) is 9.14. The number of halogens is 1. The number of aliphatic carboxylic acids is 1. The van der Waals surface area contributed by atoms with Crippen LogP contribution in [0.4, 0.5) is 0 Å². The smallest absolute Gasteiger partial charge is 0.341 e. The number of carboxylic acids is 1. The van der Waals surface area contributed by atoms with Crippen LogP contribution in [0, 0.1) is 0 Å². The van der Waals surface area contributed by atoms with Crippen molar-refractivity contribution in [3.8, 4) is 5.75 Å². The highest BCUT2D eigenvalue weighted by Crippen LogP contribution is 2.12. The van der Waals surface area contributed by atoms with Gasteiger partial charge in [0.05, 0.1) is 9.20 Å². The van der Waals surface area contributed by atoms with Crippen molar-refractivity contribution in [3.63, 3.8) is 0 Å². The molecule has 1 aromatic heterocycles. The number of carboxylic acid groups (broad SMARTS) is 1. The van der Waals surface area contributed by atoms with Gasteiger partial charge in [-0.1, -0.05) is 23.7 Å². The Morgan fingerprint density at radius 1 is 1.11 bits per heavy atom. The Balaban J connectivity index is 1.83. The summed E-state index contributed by atoms with van der Waals surface area (Å²) in [6, 6.07) is 13.1. The van der Waals surface area contributed by atoms with Crippen LogP contribution in [0.1, 0.15) is 15.9 Å². The number of thiazole rings is 1. The van der Waals surface area contributed by atoms with Crippen molar-refractivity contribution in [2.24, 2.45) is 0 Å². The van der Waals surface area contributed by atoms with Crippen molar-refractivity contribution in [3.05, 3.63) is 84.2 Å². The molecule has 0 amide bonds. The molecule has 3 rings (SSSR count). The molecule has 0 atom stereocenters. The van der Waals surface area contributed by atoms with Crippen LogP contribution in [0.5, 0.6) is 5.75 Å². The number of ketones is 1. The fourth-order valence-electron chi connectivity index (χ4n) is 2.30. The molecule has 0 aliphatic heterocycles. The molecule has 0 aliphatic rings. The van der Waals surface area contributed by atoms with E-state index in [2.05, 4.69) is 4.98 Å². The van der Waals surface area contributed by atoms with Crippen molar-refractivity contribution >= 4 is 46.8 Å². The van der Waals surface area contributed by atoms with E-state index in [0.717, 1.165) is 16.9 Å². The molecule has 0 saturated carbocycles. The van der Waals surface area contributed by atoms with Crippen molar-refractivity contribution < 1.29 is 19.4 Å². The number of Topliss-reactive ketones (excluding diaryl/α,β-unsaturated/α-hetero) is 1. The first kappa shape index (κ1) is 19.6. The Morgan fingerprint density at radius 3 is 2.43 bits per heavy atom. The molecule has 0 unspecified atom stereocenters. The first-order chi connectivity index (χ1) is 13.4. The molecule has 0 radical (unpaired) electrons. The summed E-state index contributed by atoms with van der Waals surface area (Å²) in [4.78, 5) is 37.6. The van der Waals surface area contributed by atoms with Gasteiger partial charge in [-0.2, -0.15) is 0 Å². The number of nitrogens with one attached hydrogen (secondary N) is 1. The minimum absolute atomic E-state index is 0.236. The zero-order valence-corrected chi connectivity index (χ0v) is 15.9. The number of carbonyl (C=O) groups is 2. The minimum atomic E-state index is -1.06. The molecular formula is C20H14ClNO5S. The second-order valence-electron chi connectivity index (χ2n) is 5.70. The average molecular weight is 416 g/mol. The maximum absolute atomic E-state index is 12.3. The summed E-state index contributed by atoms with van der Waals surface area (Å²) in [5.74, 6) is -0.874. The SMILES string of the molecule is O=C(O)COc1ccc(/C=c2/s/c(=C\C(=O)c3ccc(Cl)cc3)[nH]c2=O)cc1. The third-order valence-corrected chi connectivity index (χ3v) is 4.83. The van der Waals surface area contributed by atoms with Crippen LogP contribution in [0.25, 0.3) is 12.2 Å². The van der Waals surface area contributed by atoms with Crippen LogP contribution in [0.3, 0.4) is 0 Å². The monoisotopic (exact) mass is 415 g/mol. The lowest BCUT2D eigenvalue weighted by Crippen LogP contribution is -2.20. The van der Waals surface area contributed by atoms with Crippen molar-refractivity contribution in [2.75, 3.05) is 6.61 Å². The third-order valence-electron chi connectivity index (χ3n) is 3.61. The van der Waals surface area contributed by atoms with Crippen LogP contribution >= 0.6 is 22.9 Å². The van der Waals surface area contributed by atoms with Gasteiger partial charge in [-0.25, -0.2) is 4.79 Å². The Bertz CT molecular complexity index is 1180. The number of rotatable bonds is 6. The topological polar surface area (TPSA) is 96.5 Å². The van der Waals surface area contributed by atoms with E-state index < -0.39 is 12.6 Å². The van der Waals surface area contributed by atoms with E-state index in [9.17, 15) is 14.4 Å². The van der Waals surface area contributed by atoms with Crippen LogP contribution in [0.2, 0.25) is 5.02 Å². The maximum Gasteiger partial charge on any atom is 0.341 e. The summed E-state index contributed by atoms with van der Waals surface area (Å²) < 4.78 is 5.95. The molecular weight excluding hydrogens is 402 g/mol. The van der Waals surface area contributed by atoms with E-state index in [1.807, 2.05) is 0 Å². The van der Waals surface area contributed by atoms with Crippen molar-refractivity contribution in [1.29, 1.82) is 0 Å². The molecule has 1 heterocycles. The van der Waals surface area contributed by atoms with E-state index >= 15 is 0 Å². The Morgan fingerprint density at radius 2 is 1.79 bits per heavy atom. The summed E-state index contributed by atoms with van der Waals surface area (Å²) in [7, 11) is 0. The maximum atomic E-state index is 12.3. The standard InChI is InChI=1S/C20H14ClNO5S/c21-14-5-3-13(4-6-14)16(23)10-18-22-20(26)17(28-18)9-12-1-7-15(8-2-12)27-11-19(24)25/h1-10H,11H2,(H,22,26)(H,24,25)/b17-9+,18-10-. The quantitative estimate of drug-likeness (QED) is 0.600. The first-order valence-corrected chi connectivity index (χ1v) is 9.27. The number of aromatic amines is 1. The number of hydrogen-bond acceptors (Lipinski definition) is 5. The number of ether oxygens (including phenoxy) is 1. The fraction of sp³-hybridized carbons (Fsp3) is 0.0500. The van der Waals surface area contributed by atoms with Crippen LogP contribution < -0.4 is 19.5 Å². The summed E-state index contributed by atoms with van der Waals surface area (Å²) in [6.45, 7) is -0.422. The highest BCUT2D eigenvalue weighted by atomic mass is 35.5. The third kappa shape index (κ3) is 5.18. The normalized spacial score (nSPS) is 12.2. The minimum Gasteiger partial charge on any atom is -0.482 e. The van der Waals surface area contributed by atoms with Gasteiger partial charge in [0.2, 0.25) is 0 Å². The largest absolute Gasteiger partial charge is 0.482 e. The molecule has 6 nitrogen and oxygen atoms in total. The van der Waals surface area contributed by atoms with Gasteiger partial charge >= 0.3 is 5.97 Å². The summed E-state index contributed by atoms with van der Waals surface area (Å²) >= 11 is 6.98. The Kier molecular flexibility index (Phi) is 6.08. The number of benzene rings is 2. The molecule has 3 aromatic rings. The second kappa shape index (κ2) is 8.69. The number of aromatic nitrogens is 1. The van der Waals surface area contributed by atoms with Gasteiger partial charge in [0.25, 0.3) is 5.56 Å². The number of H-pyrrole nitrogens is 1. The molecule has 2 N–H and O–H groups in total. The average Bonchev–Trinajstić information content (AvgIpc) is 3.00. The van der Waals surface area contributed by atoms with Gasteiger partial charge in [-0.15, -0.1) is 11.3 Å². The van der Waals surface area contributed by atoms with Crippen LogP contribution in [-0.2, 0) is 4.79 Å². The molecule has 28 heavy (non-hydrogen) atoms. The number of carbonyl (C=O) groups excluding carboxylic acids is 1. The lowest BCUT2D eigenvalue weighted by atomic mass is 10.1. The molecule has 2 aromatic carbocycles. The van der Waals surface area contributed by atoms with Gasteiger partial charge in [-0.3, -0.25) is 9.59 Å². The van der Waals surface area contributed by atoms with E-state index in [-0.39, 0.29) is 11.3 Å². The summed E-state index contributed by atoms with van der Waals surface area (Å²) in [6.07, 6.45) is 3.05. The molecule has 0 spiro atoms. The van der Waals surface area contributed by atoms with E-state index in [1.165, 1.54) is 6.08 Å². The Hall–Kier alpha value is -3.16. The lowest BCUT2D eigenvalue weighted by molar-refractivity contribution is -0.139. The van der Waals surface area contributed by atoms with Gasteiger partial charge in [0.1, 0.15) is 5.75 Å². The molecule has 0 saturated heterocycles. The van der Waals surface area contributed by atoms with Gasteiger partial charge in [0.15, 0.2) is 12.4 Å². The molecule has 142 valence electrons. The van der Waals surface area contributed by atoms with Crippen molar-refractivity contribution in [1.82, 2.24) is 4.98 Å². The van der Waals surface area contributed by atoms with Crippen LogP contribution in [-0.4, -0.2) is 28.4 Å².